The molecule has 0 saturated heterocycles. The predicted octanol–water partition coefficient (Wildman–Crippen LogP) is 3.00. The molecule has 6 heteroatoms. The first-order chi connectivity index (χ1) is 10.6. The van der Waals surface area contributed by atoms with Gasteiger partial charge in [-0.1, -0.05) is 12.1 Å². The summed E-state index contributed by atoms with van der Waals surface area (Å²) in [6.07, 6.45) is 0.848. The molecule has 0 spiro atoms. The number of carbonyl (C=O) groups is 1. The maximum absolute atomic E-state index is 13.7. The Morgan fingerprint density at radius 2 is 2.23 bits per heavy atom. The number of fused-ring (bicyclic) bond motifs is 2. The van der Waals surface area contributed by atoms with Crippen molar-refractivity contribution in [2.45, 2.75) is 6.42 Å². The van der Waals surface area contributed by atoms with Gasteiger partial charge in [-0.3, -0.25) is 0 Å². The van der Waals surface area contributed by atoms with Crippen molar-refractivity contribution >= 4 is 17.0 Å². The summed E-state index contributed by atoms with van der Waals surface area (Å²) in [4.78, 5) is 18.4. The summed E-state index contributed by atoms with van der Waals surface area (Å²) in [6, 6.07) is 8.17. The lowest BCUT2D eigenvalue weighted by atomic mass is 10.1. The van der Waals surface area contributed by atoms with Crippen LogP contribution in [0.2, 0.25) is 0 Å². The Bertz CT molecular complexity index is 917. The van der Waals surface area contributed by atoms with Crippen LogP contribution in [0.3, 0.4) is 0 Å². The van der Waals surface area contributed by atoms with Crippen molar-refractivity contribution in [3.05, 3.63) is 47.3 Å². The lowest BCUT2D eigenvalue weighted by Crippen LogP contribution is -1.99. The van der Waals surface area contributed by atoms with E-state index in [1.807, 2.05) is 18.2 Å². The third kappa shape index (κ3) is 1.84. The van der Waals surface area contributed by atoms with Crippen LogP contribution in [-0.4, -0.2) is 27.7 Å². The molecule has 3 aromatic rings. The van der Waals surface area contributed by atoms with Gasteiger partial charge in [0.15, 0.2) is 0 Å². The highest BCUT2D eigenvalue weighted by Gasteiger charge is 2.20. The van der Waals surface area contributed by atoms with Gasteiger partial charge in [0.05, 0.1) is 28.8 Å². The van der Waals surface area contributed by atoms with Crippen molar-refractivity contribution in [2.24, 2.45) is 0 Å². The molecule has 2 aromatic carbocycles. The first kappa shape index (κ1) is 12.8. The van der Waals surface area contributed by atoms with Crippen molar-refractivity contribution in [3.63, 3.8) is 0 Å². The number of ether oxygens (including phenoxy) is 1. The van der Waals surface area contributed by atoms with Gasteiger partial charge in [-0.25, -0.2) is 14.2 Å². The van der Waals surface area contributed by atoms with E-state index in [0.29, 0.717) is 23.5 Å². The van der Waals surface area contributed by atoms with Crippen LogP contribution in [0, 0.1) is 5.82 Å². The fourth-order valence-electron chi connectivity index (χ4n) is 2.72. The molecule has 1 aliphatic rings. The lowest BCUT2D eigenvalue weighted by molar-refractivity contribution is 0.0692. The van der Waals surface area contributed by atoms with Gasteiger partial charge in [0.1, 0.15) is 17.4 Å². The van der Waals surface area contributed by atoms with Crippen LogP contribution in [0.1, 0.15) is 15.9 Å². The average molecular weight is 298 g/mol. The fraction of sp³-hybridized carbons (Fsp3) is 0.125. The lowest BCUT2D eigenvalue weighted by Gasteiger charge is -2.04. The number of hydrogen-bond donors (Lipinski definition) is 2. The molecular formula is C16H11FN2O3. The highest BCUT2D eigenvalue weighted by atomic mass is 19.1. The van der Waals surface area contributed by atoms with Gasteiger partial charge < -0.3 is 14.8 Å². The highest BCUT2D eigenvalue weighted by molar-refractivity contribution is 5.93. The van der Waals surface area contributed by atoms with Gasteiger partial charge in [0.25, 0.3) is 0 Å². The zero-order valence-corrected chi connectivity index (χ0v) is 11.4. The Morgan fingerprint density at radius 3 is 3.05 bits per heavy atom. The third-order valence-corrected chi connectivity index (χ3v) is 3.77. The predicted molar refractivity (Wildman–Crippen MR) is 77.6 cm³/mol. The van der Waals surface area contributed by atoms with E-state index in [4.69, 9.17) is 9.84 Å². The van der Waals surface area contributed by atoms with E-state index in [2.05, 4.69) is 9.97 Å². The smallest absolute Gasteiger partial charge is 0.338 e. The zero-order valence-electron chi connectivity index (χ0n) is 11.4. The van der Waals surface area contributed by atoms with E-state index in [9.17, 15) is 9.18 Å². The molecule has 0 amide bonds. The number of carboxylic acids is 1. The number of aromatic amines is 1. The molecule has 1 aliphatic heterocycles. The number of carboxylic acid groups (broad SMARTS) is 1. The molecule has 2 heterocycles. The summed E-state index contributed by atoms with van der Waals surface area (Å²) < 4.78 is 19.4. The molecule has 0 bridgehead atoms. The fourth-order valence-corrected chi connectivity index (χ4v) is 2.72. The minimum atomic E-state index is -1.31. The van der Waals surface area contributed by atoms with E-state index < -0.39 is 11.8 Å². The maximum Gasteiger partial charge on any atom is 0.338 e. The Labute approximate surface area is 124 Å². The number of hydrogen-bond acceptors (Lipinski definition) is 3. The number of nitrogens with zero attached hydrogens (tertiary/aromatic N) is 1. The summed E-state index contributed by atoms with van der Waals surface area (Å²) in [6.45, 7) is 0.629. The van der Waals surface area contributed by atoms with Gasteiger partial charge in [-0.05, 0) is 17.7 Å². The molecule has 4 rings (SSSR count). The number of nitrogens with one attached hydrogen (secondary N) is 1. The number of aromatic nitrogens is 2. The van der Waals surface area contributed by atoms with Crippen molar-refractivity contribution in [1.82, 2.24) is 9.97 Å². The molecule has 0 unspecified atom stereocenters. The standard InChI is InChI=1S/C16H11FN2O3/c17-11-7-13-12(6-10(11)16(20)21)18-15(19-13)9-3-1-2-8-4-5-22-14(8)9/h1-3,6-7H,4-5H2,(H,18,19)(H,20,21). The third-order valence-electron chi connectivity index (χ3n) is 3.77. The minimum absolute atomic E-state index is 0.389. The number of aromatic carboxylic acids is 1. The summed E-state index contributed by atoms with van der Waals surface area (Å²) in [5.41, 5.74) is 2.37. The van der Waals surface area contributed by atoms with E-state index in [0.717, 1.165) is 29.4 Å². The molecule has 1 aromatic heterocycles. The van der Waals surface area contributed by atoms with Crippen molar-refractivity contribution in [1.29, 1.82) is 0 Å². The van der Waals surface area contributed by atoms with E-state index >= 15 is 0 Å². The Morgan fingerprint density at radius 1 is 1.36 bits per heavy atom. The molecular weight excluding hydrogens is 287 g/mol. The second kappa shape index (κ2) is 4.56. The summed E-state index contributed by atoms with van der Waals surface area (Å²) >= 11 is 0. The van der Waals surface area contributed by atoms with E-state index in [1.165, 1.54) is 6.07 Å². The largest absolute Gasteiger partial charge is 0.492 e. The van der Waals surface area contributed by atoms with Crippen LogP contribution in [0.25, 0.3) is 22.4 Å². The molecule has 22 heavy (non-hydrogen) atoms. The SMILES string of the molecule is O=C(O)c1cc2nc(-c3cccc4c3OCC4)[nH]c2cc1F. The number of para-hydroxylation sites is 1. The van der Waals surface area contributed by atoms with Crippen LogP contribution < -0.4 is 4.74 Å². The molecule has 0 radical (unpaired) electrons. The van der Waals surface area contributed by atoms with E-state index in [-0.39, 0.29) is 5.56 Å². The van der Waals surface area contributed by atoms with Crippen LogP contribution in [0.15, 0.2) is 30.3 Å². The molecule has 0 fully saturated rings. The van der Waals surface area contributed by atoms with Crippen LogP contribution in [-0.2, 0) is 6.42 Å². The maximum atomic E-state index is 13.7. The van der Waals surface area contributed by atoms with Gasteiger partial charge in [-0.15, -0.1) is 0 Å². The van der Waals surface area contributed by atoms with Gasteiger partial charge in [0, 0.05) is 12.5 Å². The van der Waals surface area contributed by atoms with Crippen LogP contribution in [0.4, 0.5) is 4.39 Å². The summed E-state index contributed by atoms with van der Waals surface area (Å²) in [5, 5.41) is 8.98. The average Bonchev–Trinajstić information content (AvgIpc) is 3.11. The normalized spacial score (nSPS) is 13.1. The molecule has 0 atom stereocenters. The van der Waals surface area contributed by atoms with Crippen molar-refractivity contribution in [3.8, 4) is 17.1 Å². The number of rotatable bonds is 2. The zero-order chi connectivity index (χ0) is 15.3. The van der Waals surface area contributed by atoms with Crippen molar-refractivity contribution in [2.75, 3.05) is 6.61 Å². The second-order valence-corrected chi connectivity index (χ2v) is 5.13. The first-order valence-corrected chi connectivity index (χ1v) is 6.81. The molecule has 0 aliphatic carbocycles. The van der Waals surface area contributed by atoms with Crippen LogP contribution in [0.5, 0.6) is 5.75 Å². The molecule has 2 N–H and O–H groups in total. The quantitative estimate of drug-likeness (QED) is 0.762. The highest BCUT2D eigenvalue weighted by Crippen LogP contribution is 2.36. The number of halogens is 1. The molecule has 0 saturated carbocycles. The molecule has 110 valence electrons. The minimum Gasteiger partial charge on any atom is -0.492 e. The molecule has 5 nitrogen and oxygen atoms in total. The van der Waals surface area contributed by atoms with Crippen molar-refractivity contribution < 1.29 is 19.0 Å². The Kier molecular flexibility index (Phi) is 2.66. The van der Waals surface area contributed by atoms with Gasteiger partial charge >= 0.3 is 5.97 Å². The monoisotopic (exact) mass is 298 g/mol. The van der Waals surface area contributed by atoms with Gasteiger partial charge in [0.2, 0.25) is 0 Å². The Balaban J connectivity index is 1.91. The van der Waals surface area contributed by atoms with Crippen LogP contribution >= 0.6 is 0 Å². The van der Waals surface area contributed by atoms with Gasteiger partial charge in [-0.2, -0.15) is 0 Å². The first-order valence-electron chi connectivity index (χ1n) is 6.81. The topological polar surface area (TPSA) is 75.2 Å². The Hall–Kier alpha value is -2.89. The second-order valence-electron chi connectivity index (χ2n) is 5.13. The van der Waals surface area contributed by atoms with E-state index in [1.54, 1.807) is 0 Å². The summed E-state index contributed by atoms with van der Waals surface area (Å²) in [7, 11) is 0. The summed E-state index contributed by atoms with van der Waals surface area (Å²) in [5.74, 6) is -0.784. The number of benzene rings is 2. The number of imidazole rings is 1. The number of H-pyrrole nitrogens is 1.